The summed E-state index contributed by atoms with van der Waals surface area (Å²) >= 11 is 5.79. The van der Waals surface area contributed by atoms with Gasteiger partial charge in [-0.2, -0.15) is 0 Å². The molecule has 2 amide bonds. The molecule has 1 aromatic carbocycles. The summed E-state index contributed by atoms with van der Waals surface area (Å²) in [5.74, 6) is -0.0983. The third-order valence-electron chi connectivity index (χ3n) is 3.59. The van der Waals surface area contributed by atoms with Crippen LogP contribution in [0.3, 0.4) is 0 Å². The molecule has 0 spiro atoms. The number of benzene rings is 1. The standard InChI is InChI=1S/C16H15ClN2O3/c17-10-3-5-11(6-4-10)19-16(21)14-8-13(14)15(20)18-9-12-2-1-7-22-12/h1-7,13-14H,8-9H2,(H,18,20)(H,19,21). The van der Waals surface area contributed by atoms with E-state index in [0.29, 0.717) is 29.4 Å². The van der Waals surface area contributed by atoms with E-state index in [2.05, 4.69) is 10.6 Å². The van der Waals surface area contributed by atoms with Crippen molar-refractivity contribution < 1.29 is 14.0 Å². The Hall–Kier alpha value is -2.27. The van der Waals surface area contributed by atoms with Gasteiger partial charge in [0.05, 0.1) is 24.6 Å². The zero-order valence-electron chi connectivity index (χ0n) is 11.7. The Kier molecular flexibility index (Phi) is 4.15. The van der Waals surface area contributed by atoms with E-state index in [9.17, 15) is 9.59 Å². The van der Waals surface area contributed by atoms with Crippen LogP contribution in [0, 0.1) is 11.8 Å². The zero-order valence-corrected chi connectivity index (χ0v) is 12.5. The van der Waals surface area contributed by atoms with Crippen LogP contribution in [0.5, 0.6) is 0 Å². The molecule has 1 aliphatic carbocycles. The van der Waals surface area contributed by atoms with Crippen LogP contribution in [0.15, 0.2) is 47.1 Å². The van der Waals surface area contributed by atoms with Gasteiger partial charge in [0.25, 0.3) is 0 Å². The molecule has 2 aromatic rings. The first-order valence-electron chi connectivity index (χ1n) is 7.00. The number of carbonyl (C=O) groups excluding carboxylic acids is 2. The molecule has 3 rings (SSSR count). The van der Waals surface area contributed by atoms with Crippen molar-refractivity contribution in [2.45, 2.75) is 13.0 Å². The first-order valence-corrected chi connectivity index (χ1v) is 7.38. The van der Waals surface area contributed by atoms with Crippen molar-refractivity contribution in [1.29, 1.82) is 0 Å². The van der Waals surface area contributed by atoms with Gasteiger partial charge >= 0.3 is 0 Å². The second-order valence-corrected chi connectivity index (χ2v) is 5.68. The molecule has 5 nitrogen and oxygen atoms in total. The molecule has 1 aliphatic rings. The molecule has 1 heterocycles. The molecule has 0 radical (unpaired) electrons. The fraction of sp³-hybridized carbons (Fsp3) is 0.250. The highest BCUT2D eigenvalue weighted by Crippen LogP contribution is 2.39. The predicted octanol–water partition coefficient (Wildman–Crippen LogP) is 2.82. The number of halogens is 1. The summed E-state index contributed by atoms with van der Waals surface area (Å²) in [5, 5.41) is 6.17. The lowest BCUT2D eigenvalue weighted by molar-refractivity contribution is -0.125. The van der Waals surface area contributed by atoms with Crippen LogP contribution in [0.2, 0.25) is 5.02 Å². The number of hydrogen-bond donors (Lipinski definition) is 2. The summed E-state index contributed by atoms with van der Waals surface area (Å²) in [4.78, 5) is 24.0. The molecule has 0 aliphatic heterocycles. The van der Waals surface area contributed by atoms with Gasteiger partial charge in [-0.15, -0.1) is 0 Å². The summed E-state index contributed by atoms with van der Waals surface area (Å²) in [7, 11) is 0. The van der Waals surface area contributed by atoms with Crippen LogP contribution in [0.1, 0.15) is 12.2 Å². The van der Waals surface area contributed by atoms with Gasteiger partial charge in [-0.05, 0) is 42.8 Å². The van der Waals surface area contributed by atoms with Gasteiger partial charge in [0, 0.05) is 10.7 Å². The molecular formula is C16H15ClN2O3. The smallest absolute Gasteiger partial charge is 0.228 e. The van der Waals surface area contributed by atoms with Gasteiger partial charge in [-0.25, -0.2) is 0 Å². The summed E-state index contributed by atoms with van der Waals surface area (Å²) in [6.45, 7) is 0.341. The van der Waals surface area contributed by atoms with Gasteiger partial charge in [0.15, 0.2) is 0 Å². The average molecular weight is 319 g/mol. The van der Waals surface area contributed by atoms with Crippen molar-refractivity contribution >= 4 is 29.1 Å². The fourth-order valence-corrected chi connectivity index (χ4v) is 2.39. The van der Waals surface area contributed by atoms with E-state index in [0.717, 1.165) is 0 Å². The average Bonchev–Trinajstić information content (AvgIpc) is 3.15. The van der Waals surface area contributed by atoms with Crippen molar-refractivity contribution in [2.24, 2.45) is 11.8 Å². The highest BCUT2D eigenvalue weighted by Gasteiger charge is 2.47. The summed E-state index contributed by atoms with van der Waals surface area (Å²) in [5.41, 5.74) is 0.677. The van der Waals surface area contributed by atoms with Gasteiger partial charge < -0.3 is 15.1 Å². The largest absolute Gasteiger partial charge is 0.467 e. The highest BCUT2D eigenvalue weighted by molar-refractivity contribution is 6.30. The normalized spacial score (nSPS) is 19.5. The minimum absolute atomic E-state index is 0.118. The molecule has 2 atom stereocenters. The first-order chi connectivity index (χ1) is 10.6. The van der Waals surface area contributed by atoms with Crippen molar-refractivity contribution in [3.8, 4) is 0 Å². The van der Waals surface area contributed by atoms with Crippen molar-refractivity contribution in [3.05, 3.63) is 53.4 Å². The third kappa shape index (κ3) is 3.49. The Morgan fingerprint density at radius 3 is 2.55 bits per heavy atom. The Labute approximate surface area is 132 Å². The maximum Gasteiger partial charge on any atom is 0.228 e. The lowest BCUT2D eigenvalue weighted by Crippen LogP contribution is -2.26. The summed E-state index contributed by atoms with van der Waals surface area (Å²) < 4.78 is 5.14. The summed E-state index contributed by atoms with van der Waals surface area (Å²) in [6.07, 6.45) is 2.13. The minimum Gasteiger partial charge on any atom is -0.467 e. The second-order valence-electron chi connectivity index (χ2n) is 5.24. The lowest BCUT2D eigenvalue weighted by Gasteiger charge is -2.05. The topological polar surface area (TPSA) is 71.3 Å². The molecule has 22 heavy (non-hydrogen) atoms. The van der Waals surface area contributed by atoms with Crippen LogP contribution in [0.4, 0.5) is 5.69 Å². The zero-order chi connectivity index (χ0) is 15.5. The SMILES string of the molecule is O=C(NCc1ccco1)C1CC1C(=O)Nc1ccc(Cl)cc1. The minimum atomic E-state index is -0.271. The maximum atomic E-state index is 12.1. The number of nitrogens with one attached hydrogen (secondary N) is 2. The third-order valence-corrected chi connectivity index (χ3v) is 3.84. The van der Waals surface area contributed by atoms with E-state index in [1.54, 1.807) is 42.7 Å². The van der Waals surface area contributed by atoms with Gasteiger partial charge in [-0.3, -0.25) is 9.59 Å². The van der Waals surface area contributed by atoms with E-state index in [-0.39, 0.29) is 23.7 Å². The Balaban J connectivity index is 1.47. The van der Waals surface area contributed by atoms with Gasteiger partial charge in [0.1, 0.15) is 5.76 Å². The number of carbonyl (C=O) groups is 2. The van der Waals surface area contributed by atoms with Crippen molar-refractivity contribution in [2.75, 3.05) is 5.32 Å². The predicted molar refractivity (Wildman–Crippen MR) is 82.2 cm³/mol. The van der Waals surface area contributed by atoms with Crippen molar-refractivity contribution in [1.82, 2.24) is 5.32 Å². The van der Waals surface area contributed by atoms with Crippen LogP contribution in [-0.2, 0) is 16.1 Å². The number of hydrogen-bond acceptors (Lipinski definition) is 3. The second kappa shape index (κ2) is 6.23. The van der Waals surface area contributed by atoms with Crippen LogP contribution >= 0.6 is 11.6 Å². The molecule has 1 saturated carbocycles. The molecule has 0 saturated heterocycles. The number of furan rings is 1. The molecule has 6 heteroatoms. The van der Waals surface area contributed by atoms with Crippen LogP contribution < -0.4 is 10.6 Å². The quantitative estimate of drug-likeness (QED) is 0.890. The van der Waals surface area contributed by atoms with Gasteiger partial charge in [-0.1, -0.05) is 11.6 Å². The Morgan fingerprint density at radius 2 is 1.86 bits per heavy atom. The molecule has 1 fully saturated rings. The molecular weight excluding hydrogens is 304 g/mol. The lowest BCUT2D eigenvalue weighted by atomic mass is 10.2. The van der Waals surface area contributed by atoms with E-state index in [1.165, 1.54) is 0 Å². The fourth-order valence-electron chi connectivity index (χ4n) is 2.26. The molecule has 2 unspecified atom stereocenters. The molecule has 2 N–H and O–H groups in total. The monoisotopic (exact) mass is 318 g/mol. The van der Waals surface area contributed by atoms with Gasteiger partial charge in [0.2, 0.25) is 11.8 Å². The Bertz CT molecular complexity index is 667. The molecule has 114 valence electrons. The van der Waals surface area contributed by atoms with E-state index in [1.807, 2.05) is 0 Å². The number of rotatable bonds is 5. The number of anilines is 1. The van der Waals surface area contributed by atoms with Crippen LogP contribution in [-0.4, -0.2) is 11.8 Å². The summed E-state index contributed by atoms with van der Waals surface area (Å²) in [6, 6.07) is 10.4. The van der Waals surface area contributed by atoms with E-state index in [4.69, 9.17) is 16.0 Å². The maximum absolute atomic E-state index is 12.1. The van der Waals surface area contributed by atoms with Crippen LogP contribution in [0.25, 0.3) is 0 Å². The van der Waals surface area contributed by atoms with E-state index < -0.39 is 0 Å². The first kappa shape index (κ1) is 14.7. The van der Waals surface area contributed by atoms with Crippen molar-refractivity contribution in [3.63, 3.8) is 0 Å². The Morgan fingerprint density at radius 1 is 1.14 bits per heavy atom. The highest BCUT2D eigenvalue weighted by atomic mass is 35.5. The molecule has 1 aromatic heterocycles. The van der Waals surface area contributed by atoms with E-state index >= 15 is 0 Å². The number of amides is 2. The molecule has 0 bridgehead atoms.